The van der Waals surface area contributed by atoms with Crippen molar-refractivity contribution in [1.82, 2.24) is 0 Å². The molecular formula is C6H12Ag. The van der Waals surface area contributed by atoms with Crippen LogP contribution in [0.4, 0.5) is 0 Å². The molecule has 0 unspecified atom stereocenters. The Kier molecular flexibility index (Phi) is 5.41. The molecule has 0 aromatic carbocycles. The van der Waals surface area contributed by atoms with Gasteiger partial charge in [-0.2, -0.15) is 0 Å². The third kappa shape index (κ3) is 3.33. The van der Waals surface area contributed by atoms with Crippen LogP contribution in [-0.2, 0) is 22.4 Å². The molecule has 1 heteroatoms. The molecule has 0 heterocycles. The van der Waals surface area contributed by atoms with Gasteiger partial charge in [-0.05, 0) is 0 Å². The van der Waals surface area contributed by atoms with E-state index in [1.807, 2.05) is 0 Å². The Labute approximate surface area is 61.2 Å². The minimum atomic E-state index is 0. The Hall–Kier alpha value is 0.740. The standard InChI is InChI=1S/C6H12.Ag/c1-2-4-6-5-3-1;/h1-6H2;. The van der Waals surface area contributed by atoms with E-state index in [1.165, 1.54) is 38.5 Å². The van der Waals surface area contributed by atoms with Crippen molar-refractivity contribution < 1.29 is 22.4 Å². The summed E-state index contributed by atoms with van der Waals surface area (Å²) < 4.78 is 0. The predicted molar refractivity (Wildman–Crippen MR) is 27.7 cm³/mol. The van der Waals surface area contributed by atoms with Crippen LogP contribution < -0.4 is 0 Å². The Morgan fingerprint density at radius 3 is 0.714 bits per heavy atom. The summed E-state index contributed by atoms with van der Waals surface area (Å²) in [6.07, 6.45) is 9.00. The first-order valence-corrected chi connectivity index (χ1v) is 3.00. The summed E-state index contributed by atoms with van der Waals surface area (Å²) in [5.74, 6) is 0. The van der Waals surface area contributed by atoms with Crippen molar-refractivity contribution in [2.45, 2.75) is 38.5 Å². The number of rotatable bonds is 0. The van der Waals surface area contributed by atoms with Crippen molar-refractivity contribution >= 4 is 0 Å². The monoisotopic (exact) mass is 191 g/mol. The first kappa shape index (κ1) is 7.74. The molecule has 0 N–H and O–H groups in total. The molecule has 0 saturated heterocycles. The van der Waals surface area contributed by atoms with Crippen LogP contribution in [-0.4, -0.2) is 0 Å². The van der Waals surface area contributed by atoms with Crippen LogP contribution >= 0.6 is 0 Å². The first-order valence-electron chi connectivity index (χ1n) is 3.00. The number of hydrogen-bond donors (Lipinski definition) is 0. The van der Waals surface area contributed by atoms with Crippen LogP contribution in [0.3, 0.4) is 0 Å². The van der Waals surface area contributed by atoms with Gasteiger partial charge in [-0.25, -0.2) is 0 Å². The summed E-state index contributed by atoms with van der Waals surface area (Å²) >= 11 is 0. The molecule has 0 aliphatic heterocycles. The van der Waals surface area contributed by atoms with Crippen LogP contribution in [0.1, 0.15) is 38.5 Å². The minimum Gasteiger partial charge on any atom is -0.0533 e. The molecule has 0 aromatic rings. The zero-order chi connectivity index (χ0) is 4.24. The van der Waals surface area contributed by atoms with Gasteiger partial charge in [0.1, 0.15) is 0 Å². The minimum absolute atomic E-state index is 0. The summed E-state index contributed by atoms with van der Waals surface area (Å²) in [4.78, 5) is 0. The quantitative estimate of drug-likeness (QED) is 0.516. The number of hydrogen-bond acceptors (Lipinski definition) is 0. The van der Waals surface area contributed by atoms with E-state index < -0.39 is 0 Å². The molecule has 7 heavy (non-hydrogen) atoms. The molecule has 0 atom stereocenters. The smallest absolute Gasteiger partial charge is 0 e. The largest absolute Gasteiger partial charge is 0.0533 e. The van der Waals surface area contributed by atoms with Gasteiger partial charge in [0.05, 0.1) is 0 Å². The maximum absolute atomic E-state index is 1.50. The van der Waals surface area contributed by atoms with Crippen molar-refractivity contribution in [1.29, 1.82) is 0 Å². The molecule has 1 saturated carbocycles. The molecule has 1 fully saturated rings. The normalized spacial score (nSPS) is 20.6. The third-order valence-corrected chi connectivity index (χ3v) is 1.50. The van der Waals surface area contributed by atoms with Crippen LogP contribution in [0, 0.1) is 0 Å². The first-order chi connectivity index (χ1) is 3.00. The predicted octanol–water partition coefficient (Wildman–Crippen LogP) is 2.34. The Morgan fingerprint density at radius 1 is 0.429 bits per heavy atom. The summed E-state index contributed by atoms with van der Waals surface area (Å²) in [5.41, 5.74) is 0. The molecule has 0 aromatic heterocycles. The maximum atomic E-state index is 1.50. The van der Waals surface area contributed by atoms with E-state index in [-0.39, 0.29) is 22.4 Å². The Bertz CT molecular complexity index is 19.7. The topological polar surface area (TPSA) is 0 Å². The Balaban J connectivity index is 0.000000360. The van der Waals surface area contributed by atoms with Crippen molar-refractivity contribution in [2.24, 2.45) is 0 Å². The molecule has 47 valence electrons. The van der Waals surface area contributed by atoms with Gasteiger partial charge in [0.25, 0.3) is 0 Å². The van der Waals surface area contributed by atoms with Gasteiger partial charge >= 0.3 is 0 Å². The van der Waals surface area contributed by atoms with E-state index in [1.54, 1.807) is 0 Å². The zero-order valence-corrected chi connectivity index (χ0v) is 6.03. The van der Waals surface area contributed by atoms with Crippen molar-refractivity contribution in [3.05, 3.63) is 0 Å². The summed E-state index contributed by atoms with van der Waals surface area (Å²) in [6.45, 7) is 0. The van der Waals surface area contributed by atoms with Crippen molar-refractivity contribution in [3.8, 4) is 0 Å². The van der Waals surface area contributed by atoms with Crippen LogP contribution in [0.25, 0.3) is 0 Å². The summed E-state index contributed by atoms with van der Waals surface area (Å²) in [6, 6.07) is 0. The van der Waals surface area contributed by atoms with Gasteiger partial charge in [0.2, 0.25) is 0 Å². The fraction of sp³-hybridized carbons (Fsp3) is 1.00. The molecule has 1 radical (unpaired) electrons. The molecule has 1 aliphatic carbocycles. The average Bonchev–Trinajstić information content (AvgIpc) is 1.72. The average molecular weight is 192 g/mol. The molecule has 0 amide bonds. The SMILES string of the molecule is C1CCCCC1.[Ag]. The van der Waals surface area contributed by atoms with E-state index in [0.717, 1.165) is 0 Å². The fourth-order valence-electron chi connectivity index (χ4n) is 1.06. The summed E-state index contributed by atoms with van der Waals surface area (Å²) in [5, 5.41) is 0. The van der Waals surface area contributed by atoms with Crippen LogP contribution in [0.15, 0.2) is 0 Å². The van der Waals surface area contributed by atoms with Gasteiger partial charge in [0.15, 0.2) is 0 Å². The molecular weight excluding hydrogens is 180 g/mol. The fourth-order valence-corrected chi connectivity index (χ4v) is 1.06. The van der Waals surface area contributed by atoms with E-state index in [0.29, 0.717) is 0 Å². The molecule has 1 rings (SSSR count). The van der Waals surface area contributed by atoms with Gasteiger partial charge < -0.3 is 0 Å². The van der Waals surface area contributed by atoms with E-state index in [9.17, 15) is 0 Å². The summed E-state index contributed by atoms with van der Waals surface area (Å²) in [7, 11) is 0. The van der Waals surface area contributed by atoms with Crippen molar-refractivity contribution in [2.75, 3.05) is 0 Å². The van der Waals surface area contributed by atoms with Gasteiger partial charge in [-0.3, -0.25) is 0 Å². The zero-order valence-electron chi connectivity index (χ0n) is 4.54. The second-order valence-electron chi connectivity index (χ2n) is 2.12. The van der Waals surface area contributed by atoms with Gasteiger partial charge in [-0.1, -0.05) is 38.5 Å². The van der Waals surface area contributed by atoms with E-state index in [4.69, 9.17) is 0 Å². The second kappa shape index (κ2) is 4.89. The molecule has 0 spiro atoms. The van der Waals surface area contributed by atoms with Crippen LogP contribution in [0.5, 0.6) is 0 Å². The molecule has 1 aliphatic rings. The van der Waals surface area contributed by atoms with Gasteiger partial charge in [-0.15, -0.1) is 0 Å². The third-order valence-electron chi connectivity index (χ3n) is 1.50. The van der Waals surface area contributed by atoms with Crippen molar-refractivity contribution in [3.63, 3.8) is 0 Å². The molecule has 0 nitrogen and oxygen atoms in total. The molecule has 0 bridgehead atoms. The van der Waals surface area contributed by atoms with E-state index in [2.05, 4.69) is 0 Å². The van der Waals surface area contributed by atoms with Gasteiger partial charge in [0, 0.05) is 22.4 Å². The van der Waals surface area contributed by atoms with E-state index >= 15 is 0 Å². The Morgan fingerprint density at radius 2 is 0.571 bits per heavy atom. The van der Waals surface area contributed by atoms with Crippen LogP contribution in [0.2, 0.25) is 0 Å². The maximum Gasteiger partial charge on any atom is 0 e. The second-order valence-corrected chi connectivity index (χ2v) is 2.12.